The Morgan fingerprint density at radius 1 is 1.27 bits per heavy atom. The molecule has 0 unspecified atom stereocenters. The molecule has 26 heavy (non-hydrogen) atoms. The second kappa shape index (κ2) is 7.09. The van der Waals surface area contributed by atoms with E-state index in [0.717, 1.165) is 17.7 Å². The lowest BCUT2D eigenvalue weighted by Crippen LogP contribution is -2.36. The van der Waals surface area contributed by atoms with E-state index in [1.165, 1.54) is 16.9 Å². The first-order chi connectivity index (χ1) is 12.7. The van der Waals surface area contributed by atoms with Gasteiger partial charge in [-0.1, -0.05) is 6.07 Å². The van der Waals surface area contributed by atoms with E-state index in [0.29, 0.717) is 29.9 Å². The third-order valence-electron chi connectivity index (χ3n) is 4.22. The number of thiazole rings is 1. The average Bonchev–Trinajstić information content (AvgIpc) is 3.15. The number of nitrogens with zero attached hydrogens (tertiary/aromatic N) is 4. The highest BCUT2D eigenvalue weighted by Gasteiger charge is 2.24. The molecular weight excluding hydrogens is 350 g/mol. The minimum absolute atomic E-state index is 0.0650. The third kappa shape index (κ3) is 3.36. The van der Waals surface area contributed by atoms with Crippen molar-refractivity contribution < 1.29 is 9.53 Å². The van der Waals surface area contributed by atoms with Crippen molar-refractivity contribution in [2.24, 2.45) is 0 Å². The van der Waals surface area contributed by atoms with E-state index in [2.05, 4.69) is 20.3 Å². The molecule has 1 aliphatic heterocycles. The van der Waals surface area contributed by atoms with Gasteiger partial charge in [0.1, 0.15) is 11.4 Å². The lowest BCUT2D eigenvalue weighted by molar-refractivity contribution is 0.0729. The zero-order chi connectivity index (χ0) is 17.9. The summed E-state index contributed by atoms with van der Waals surface area (Å²) in [7, 11) is 1.66. The van der Waals surface area contributed by atoms with Crippen molar-refractivity contribution in [2.45, 2.75) is 13.0 Å². The Morgan fingerprint density at radius 2 is 2.12 bits per heavy atom. The smallest absolute Gasteiger partial charge is 0.273 e. The van der Waals surface area contributed by atoms with Crippen LogP contribution in [0.15, 0.2) is 42.0 Å². The van der Waals surface area contributed by atoms with Gasteiger partial charge >= 0.3 is 0 Å². The molecule has 132 valence electrons. The van der Waals surface area contributed by atoms with E-state index in [9.17, 15) is 4.79 Å². The summed E-state index contributed by atoms with van der Waals surface area (Å²) in [5, 5.41) is 5.37. The Balaban J connectivity index is 1.46. The third-order valence-corrected chi connectivity index (χ3v) is 4.98. The molecule has 4 rings (SSSR count). The zero-order valence-corrected chi connectivity index (χ0v) is 15.0. The molecule has 1 aliphatic rings. The lowest BCUT2D eigenvalue weighted by atomic mass is 9.99. The van der Waals surface area contributed by atoms with E-state index in [1.807, 2.05) is 23.1 Å². The summed E-state index contributed by atoms with van der Waals surface area (Å²) in [6.45, 7) is 1.25. The quantitative estimate of drug-likeness (QED) is 0.764. The van der Waals surface area contributed by atoms with Crippen LogP contribution in [0.5, 0.6) is 5.75 Å². The molecule has 0 saturated carbocycles. The van der Waals surface area contributed by atoms with Gasteiger partial charge in [-0.15, -0.1) is 11.3 Å². The van der Waals surface area contributed by atoms with Crippen LogP contribution in [-0.4, -0.2) is 39.4 Å². The summed E-state index contributed by atoms with van der Waals surface area (Å²) >= 11 is 1.36. The largest absolute Gasteiger partial charge is 0.497 e. The molecule has 7 nitrogen and oxygen atoms in total. The molecule has 1 amide bonds. The first-order valence-corrected chi connectivity index (χ1v) is 9.05. The van der Waals surface area contributed by atoms with Crippen molar-refractivity contribution in [2.75, 3.05) is 19.0 Å². The van der Waals surface area contributed by atoms with Gasteiger partial charge in [-0.3, -0.25) is 4.79 Å². The fraction of sp³-hybridized carbons (Fsp3) is 0.222. The summed E-state index contributed by atoms with van der Waals surface area (Å²) in [6, 6.07) is 7.74. The molecule has 0 bridgehead atoms. The SMILES string of the molecule is COc1ccc2c(c1)CCN(C(=O)c1csc(Nc3ncccn3)n1)C2. The minimum Gasteiger partial charge on any atom is -0.497 e. The predicted molar refractivity (Wildman–Crippen MR) is 98.9 cm³/mol. The average molecular weight is 367 g/mol. The van der Waals surface area contributed by atoms with Gasteiger partial charge in [-0.2, -0.15) is 0 Å². The normalized spacial score (nSPS) is 13.2. The molecule has 8 heteroatoms. The number of amides is 1. The monoisotopic (exact) mass is 367 g/mol. The van der Waals surface area contributed by atoms with E-state index in [1.54, 1.807) is 30.9 Å². The van der Waals surface area contributed by atoms with Gasteiger partial charge in [-0.05, 0) is 35.7 Å². The van der Waals surface area contributed by atoms with Crippen LogP contribution >= 0.6 is 11.3 Å². The molecule has 3 aromatic rings. The Hall–Kier alpha value is -3.00. The van der Waals surface area contributed by atoms with Gasteiger partial charge in [0.25, 0.3) is 5.91 Å². The number of ether oxygens (including phenoxy) is 1. The number of benzene rings is 1. The number of methoxy groups -OCH3 is 1. The van der Waals surface area contributed by atoms with Crippen LogP contribution in [0, 0.1) is 0 Å². The molecule has 0 radical (unpaired) electrons. The number of nitrogens with one attached hydrogen (secondary N) is 1. The Morgan fingerprint density at radius 3 is 2.92 bits per heavy atom. The van der Waals surface area contributed by atoms with Crippen LogP contribution in [0.1, 0.15) is 21.6 Å². The zero-order valence-electron chi connectivity index (χ0n) is 14.2. The van der Waals surface area contributed by atoms with Gasteiger partial charge < -0.3 is 15.0 Å². The summed E-state index contributed by atoms with van der Waals surface area (Å²) in [6.07, 6.45) is 4.11. The molecule has 0 atom stereocenters. The Bertz CT molecular complexity index is 928. The van der Waals surface area contributed by atoms with Crippen LogP contribution in [0.25, 0.3) is 0 Å². The number of hydrogen-bond donors (Lipinski definition) is 1. The maximum absolute atomic E-state index is 12.8. The molecule has 1 aromatic carbocycles. The Labute approximate surface area is 154 Å². The molecule has 2 aromatic heterocycles. The number of carbonyl (C=O) groups excluding carboxylic acids is 1. The summed E-state index contributed by atoms with van der Waals surface area (Å²) < 4.78 is 5.27. The number of anilines is 2. The highest BCUT2D eigenvalue weighted by Crippen LogP contribution is 2.26. The van der Waals surface area contributed by atoms with E-state index < -0.39 is 0 Å². The van der Waals surface area contributed by atoms with E-state index in [4.69, 9.17) is 4.74 Å². The first-order valence-electron chi connectivity index (χ1n) is 8.17. The second-order valence-corrected chi connectivity index (χ2v) is 6.70. The molecule has 0 aliphatic carbocycles. The summed E-state index contributed by atoms with van der Waals surface area (Å²) in [4.78, 5) is 27.2. The number of hydrogen-bond acceptors (Lipinski definition) is 7. The van der Waals surface area contributed by atoms with Crippen molar-refractivity contribution in [3.05, 3.63) is 58.9 Å². The van der Waals surface area contributed by atoms with Crippen LogP contribution in [0.2, 0.25) is 0 Å². The highest BCUT2D eigenvalue weighted by molar-refractivity contribution is 7.14. The van der Waals surface area contributed by atoms with Crippen molar-refractivity contribution in [3.8, 4) is 5.75 Å². The minimum atomic E-state index is -0.0650. The number of rotatable bonds is 4. The van der Waals surface area contributed by atoms with Crippen molar-refractivity contribution in [1.82, 2.24) is 19.9 Å². The Kier molecular flexibility index (Phi) is 4.49. The molecule has 3 heterocycles. The molecule has 0 fully saturated rings. The summed E-state index contributed by atoms with van der Waals surface area (Å²) in [5.74, 6) is 1.24. The molecular formula is C18H17N5O2S. The van der Waals surface area contributed by atoms with Crippen LogP contribution in [0.4, 0.5) is 11.1 Å². The second-order valence-electron chi connectivity index (χ2n) is 5.85. The fourth-order valence-electron chi connectivity index (χ4n) is 2.88. The maximum atomic E-state index is 12.8. The lowest BCUT2D eigenvalue weighted by Gasteiger charge is -2.28. The van der Waals surface area contributed by atoms with Crippen molar-refractivity contribution >= 4 is 28.3 Å². The highest BCUT2D eigenvalue weighted by atomic mass is 32.1. The predicted octanol–water partition coefficient (Wildman–Crippen LogP) is 2.88. The van der Waals surface area contributed by atoms with Crippen LogP contribution < -0.4 is 10.1 Å². The number of carbonyl (C=O) groups is 1. The van der Waals surface area contributed by atoms with Gasteiger partial charge in [0.05, 0.1) is 7.11 Å². The summed E-state index contributed by atoms with van der Waals surface area (Å²) in [5.41, 5.74) is 2.82. The van der Waals surface area contributed by atoms with Gasteiger partial charge in [-0.25, -0.2) is 15.0 Å². The molecule has 0 spiro atoms. The first kappa shape index (κ1) is 16.5. The van der Waals surface area contributed by atoms with Crippen molar-refractivity contribution in [3.63, 3.8) is 0 Å². The number of aromatic nitrogens is 3. The molecule has 1 N–H and O–H groups in total. The topological polar surface area (TPSA) is 80.2 Å². The maximum Gasteiger partial charge on any atom is 0.273 e. The van der Waals surface area contributed by atoms with Crippen LogP contribution in [-0.2, 0) is 13.0 Å². The molecule has 0 saturated heterocycles. The van der Waals surface area contributed by atoms with Crippen LogP contribution in [0.3, 0.4) is 0 Å². The number of fused-ring (bicyclic) bond motifs is 1. The van der Waals surface area contributed by atoms with Gasteiger partial charge in [0, 0.05) is 30.9 Å². The standard InChI is InChI=1S/C18H17N5O2S/c1-25-14-4-3-13-10-23(8-5-12(13)9-14)16(24)15-11-26-18(21-15)22-17-19-6-2-7-20-17/h2-4,6-7,9,11H,5,8,10H2,1H3,(H,19,20,21,22). The fourth-order valence-corrected chi connectivity index (χ4v) is 3.56. The van der Waals surface area contributed by atoms with Gasteiger partial charge in [0.15, 0.2) is 5.13 Å². The van der Waals surface area contributed by atoms with Gasteiger partial charge in [0.2, 0.25) is 5.95 Å². The van der Waals surface area contributed by atoms with E-state index >= 15 is 0 Å². The van der Waals surface area contributed by atoms with E-state index in [-0.39, 0.29) is 5.91 Å². The van der Waals surface area contributed by atoms with Crippen molar-refractivity contribution in [1.29, 1.82) is 0 Å².